The minimum Gasteiger partial charge on any atom is -0.508 e. The number of nitrogens with zero attached hydrogens (tertiary/aromatic N) is 2. The van der Waals surface area contributed by atoms with E-state index in [0.717, 1.165) is 36.8 Å². The molecule has 3 aliphatic rings. The van der Waals surface area contributed by atoms with Crippen molar-refractivity contribution in [3.63, 3.8) is 0 Å². The number of phenolic OH excluding ortho intramolecular Hbond substituents is 1. The molecule has 6 nitrogen and oxygen atoms in total. The fourth-order valence-electron chi connectivity index (χ4n) is 5.28. The molecule has 2 saturated heterocycles. The number of carbonyl (C=O) groups is 2. The van der Waals surface area contributed by atoms with E-state index in [4.69, 9.17) is 0 Å². The van der Waals surface area contributed by atoms with E-state index in [9.17, 15) is 14.7 Å². The molecule has 2 amide bonds. The van der Waals surface area contributed by atoms with Crippen LogP contribution in [0.4, 0.5) is 0 Å². The third kappa shape index (κ3) is 3.30. The maximum Gasteiger partial charge on any atom is 0.249 e. The predicted molar refractivity (Wildman–Crippen MR) is 112 cm³/mol. The zero-order chi connectivity index (χ0) is 20.7. The molecule has 2 aromatic rings. The number of hydrazine groups is 1. The first kappa shape index (κ1) is 19.3. The number of carbonyl (C=O) groups excluding carboxylic acids is 2. The summed E-state index contributed by atoms with van der Waals surface area (Å²) in [6.45, 7) is 0.550. The van der Waals surface area contributed by atoms with Crippen molar-refractivity contribution in [1.29, 1.82) is 0 Å². The van der Waals surface area contributed by atoms with E-state index < -0.39 is 12.0 Å². The second-order valence-corrected chi connectivity index (χ2v) is 8.62. The summed E-state index contributed by atoms with van der Waals surface area (Å²) in [6, 6.07) is 16.2. The molecule has 30 heavy (non-hydrogen) atoms. The lowest BCUT2D eigenvalue weighted by atomic mass is 9.90. The maximum absolute atomic E-state index is 13.5. The fourth-order valence-corrected chi connectivity index (χ4v) is 5.28. The van der Waals surface area contributed by atoms with Gasteiger partial charge in [0.15, 0.2) is 0 Å². The minimum atomic E-state index is -0.501. The number of phenols is 1. The molecular formula is C24H27N3O3. The second-order valence-electron chi connectivity index (χ2n) is 8.62. The molecule has 1 saturated carbocycles. The summed E-state index contributed by atoms with van der Waals surface area (Å²) in [5.74, 6) is -0.389. The number of fused-ring (bicyclic) bond motifs is 1. The zero-order valence-electron chi connectivity index (χ0n) is 16.9. The summed E-state index contributed by atoms with van der Waals surface area (Å²) >= 11 is 0. The predicted octanol–water partition coefficient (Wildman–Crippen LogP) is 3.14. The van der Waals surface area contributed by atoms with Crippen LogP contribution in [0.25, 0.3) is 0 Å². The van der Waals surface area contributed by atoms with Gasteiger partial charge in [-0.3, -0.25) is 14.5 Å². The Balaban J connectivity index is 1.49. The van der Waals surface area contributed by atoms with Crippen molar-refractivity contribution in [3.8, 4) is 5.75 Å². The van der Waals surface area contributed by atoms with Gasteiger partial charge in [-0.15, -0.1) is 0 Å². The number of aromatic hydroxyl groups is 1. The Morgan fingerprint density at radius 2 is 1.60 bits per heavy atom. The van der Waals surface area contributed by atoms with Crippen LogP contribution in [0.2, 0.25) is 0 Å². The number of nitrogens with one attached hydrogen (secondary N) is 1. The van der Waals surface area contributed by atoms with Crippen molar-refractivity contribution in [2.45, 2.75) is 56.8 Å². The van der Waals surface area contributed by atoms with Gasteiger partial charge in [0.2, 0.25) is 11.8 Å². The normalized spacial score (nSPS) is 27.6. The third-order valence-electron chi connectivity index (χ3n) is 6.74. The first-order chi connectivity index (χ1) is 14.6. The van der Waals surface area contributed by atoms with Crippen LogP contribution in [-0.4, -0.2) is 38.9 Å². The Morgan fingerprint density at radius 1 is 0.900 bits per heavy atom. The van der Waals surface area contributed by atoms with Crippen LogP contribution in [-0.2, 0) is 16.1 Å². The lowest BCUT2D eigenvalue weighted by Gasteiger charge is -2.32. The van der Waals surface area contributed by atoms with E-state index in [1.165, 1.54) is 6.42 Å². The van der Waals surface area contributed by atoms with Gasteiger partial charge < -0.3 is 5.11 Å². The highest BCUT2D eigenvalue weighted by Crippen LogP contribution is 2.43. The van der Waals surface area contributed by atoms with Gasteiger partial charge in [-0.05, 0) is 36.1 Å². The molecule has 1 aliphatic carbocycles. The lowest BCUT2D eigenvalue weighted by Crippen LogP contribution is -2.48. The summed E-state index contributed by atoms with van der Waals surface area (Å²) in [4.78, 5) is 28.6. The molecule has 0 bridgehead atoms. The quantitative estimate of drug-likeness (QED) is 0.765. The Kier molecular flexibility index (Phi) is 5.05. The van der Waals surface area contributed by atoms with Crippen LogP contribution >= 0.6 is 0 Å². The van der Waals surface area contributed by atoms with Gasteiger partial charge >= 0.3 is 0 Å². The first-order valence-electron chi connectivity index (χ1n) is 10.9. The molecule has 2 aliphatic heterocycles. The van der Waals surface area contributed by atoms with Gasteiger partial charge in [0.1, 0.15) is 11.8 Å². The van der Waals surface area contributed by atoms with Crippen LogP contribution in [0, 0.1) is 5.92 Å². The molecule has 3 fully saturated rings. The molecule has 0 spiro atoms. The van der Waals surface area contributed by atoms with Crippen molar-refractivity contribution in [2.24, 2.45) is 5.92 Å². The molecule has 0 aromatic heterocycles. The molecule has 2 aromatic carbocycles. The van der Waals surface area contributed by atoms with E-state index >= 15 is 0 Å². The molecule has 2 heterocycles. The van der Waals surface area contributed by atoms with E-state index in [2.05, 4.69) is 5.43 Å². The molecular weight excluding hydrogens is 378 g/mol. The zero-order valence-corrected chi connectivity index (χ0v) is 16.9. The highest BCUT2D eigenvalue weighted by atomic mass is 16.3. The van der Waals surface area contributed by atoms with Gasteiger partial charge in [0.05, 0.1) is 12.0 Å². The summed E-state index contributed by atoms with van der Waals surface area (Å²) in [5.41, 5.74) is 5.44. The van der Waals surface area contributed by atoms with Crippen molar-refractivity contribution in [3.05, 3.63) is 65.7 Å². The topological polar surface area (TPSA) is 72.9 Å². The van der Waals surface area contributed by atoms with Crippen molar-refractivity contribution in [2.75, 3.05) is 0 Å². The fraction of sp³-hybridized carbons (Fsp3) is 0.417. The average Bonchev–Trinajstić information content (AvgIpc) is 3.26. The largest absolute Gasteiger partial charge is 0.508 e. The van der Waals surface area contributed by atoms with Crippen LogP contribution in [0.5, 0.6) is 5.75 Å². The van der Waals surface area contributed by atoms with E-state index in [-0.39, 0.29) is 29.6 Å². The van der Waals surface area contributed by atoms with Crippen LogP contribution in [0.15, 0.2) is 54.6 Å². The first-order valence-corrected chi connectivity index (χ1v) is 10.9. The van der Waals surface area contributed by atoms with Gasteiger partial charge in [-0.25, -0.2) is 10.4 Å². The average molecular weight is 405 g/mol. The monoisotopic (exact) mass is 405 g/mol. The molecule has 3 atom stereocenters. The Labute approximate surface area is 176 Å². The summed E-state index contributed by atoms with van der Waals surface area (Å²) in [6.07, 6.45) is 5.14. The second kappa shape index (κ2) is 7.85. The third-order valence-corrected chi connectivity index (χ3v) is 6.74. The Hall–Kier alpha value is -2.70. The number of benzene rings is 2. The van der Waals surface area contributed by atoms with E-state index in [1.54, 1.807) is 17.0 Å². The van der Waals surface area contributed by atoms with Gasteiger partial charge in [-0.2, -0.15) is 0 Å². The molecule has 0 unspecified atom stereocenters. The van der Waals surface area contributed by atoms with E-state index in [0.29, 0.717) is 6.54 Å². The molecule has 6 heteroatoms. The van der Waals surface area contributed by atoms with Crippen molar-refractivity contribution < 1.29 is 14.7 Å². The number of hydrogen-bond acceptors (Lipinski definition) is 5. The molecule has 2 N–H and O–H groups in total. The van der Waals surface area contributed by atoms with Crippen molar-refractivity contribution >= 4 is 11.8 Å². The summed E-state index contributed by atoms with van der Waals surface area (Å²) < 4.78 is 0. The van der Waals surface area contributed by atoms with E-state index in [1.807, 2.05) is 47.5 Å². The van der Waals surface area contributed by atoms with Gasteiger partial charge in [-0.1, -0.05) is 61.7 Å². The number of rotatable bonds is 4. The number of amides is 2. The number of hydrogen-bond donors (Lipinski definition) is 2. The highest BCUT2D eigenvalue weighted by molar-refractivity contribution is 6.08. The van der Waals surface area contributed by atoms with Crippen molar-refractivity contribution in [1.82, 2.24) is 15.3 Å². The van der Waals surface area contributed by atoms with Gasteiger partial charge in [0, 0.05) is 12.6 Å². The Morgan fingerprint density at radius 3 is 2.30 bits per heavy atom. The van der Waals surface area contributed by atoms with Gasteiger partial charge in [0.25, 0.3) is 0 Å². The lowest BCUT2D eigenvalue weighted by molar-refractivity contribution is -0.145. The SMILES string of the molecule is O=C1[C@@H]2[C@@H](C(=O)N1C1CCCCC1)N(Cc1ccccc1)N[C@H]2c1ccc(O)cc1. The number of likely N-dealkylation sites (tertiary alicyclic amines) is 1. The molecule has 5 rings (SSSR count). The molecule has 156 valence electrons. The minimum absolute atomic E-state index is 0.0309. The standard InChI is InChI=1S/C24H27N3O3/c28-19-13-11-17(12-14-19)21-20-22(26(25-21)15-16-7-3-1-4-8-16)24(30)27(23(20)29)18-9-5-2-6-10-18/h1,3-4,7-8,11-14,18,20-22,25,28H,2,5-6,9-10,15H2/t20-,21-,22-/m0/s1. The Bertz CT molecular complexity index is 924. The summed E-state index contributed by atoms with van der Waals surface area (Å²) in [7, 11) is 0. The smallest absolute Gasteiger partial charge is 0.249 e. The van der Waals surface area contributed by atoms with Crippen LogP contribution < -0.4 is 5.43 Å². The highest BCUT2D eigenvalue weighted by Gasteiger charge is 2.59. The number of imide groups is 1. The maximum atomic E-state index is 13.5. The summed E-state index contributed by atoms with van der Waals surface area (Å²) in [5, 5.41) is 11.6. The van der Waals surface area contributed by atoms with Crippen LogP contribution in [0.3, 0.4) is 0 Å². The van der Waals surface area contributed by atoms with Crippen LogP contribution in [0.1, 0.15) is 49.3 Å². The molecule has 0 radical (unpaired) electrons.